The molecule has 0 saturated heterocycles. The molecular formula is C9H10NO3. The number of aromatic nitrogens is 1. The van der Waals surface area contributed by atoms with Gasteiger partial charge in [-0.3, -0.25) is 0 Å². The lowest BCUT2D eigenvalue weighted by atomic mass is 10.5. The quantitative estimate of drug-likeness (QED) is 0.644. The van der Waals surface area contributed by atoms with Crippen LogP contribution in [0.2, 0.25) is 0 Å². The standard InChI is InChI=1S/C9H10NO3/c1-2-12-9(11)7-13-8-5-3-4-6-10-8/h3-4,6H,2,7H2,1H3. The third kappa shape index (κ3) is 3.55. The lowest BCUT2D eigenvalue weighted by Crippen LogP contribution is -2.14. The lowest BCUT2D eigenvalue weighted by Gasteiger charge is -2.03. The summed E-state index contributed by atoms with van der Waals surface area (Å²) in [6.45, 7) is 1.97. The van der Waals surface area contributed by atoms with E-state index in [4.69, 9.17) is 4.74 Å². The van der Waals surface area contributed by atoms with Crippen molar-refractivity contribution in [1.29, 1.82) is 0 Å². The summed E-state index contributed by atoms with van der Waals surface area (Å²) in [5, 5.41) is 0. The molecule has 0 atom stereocenters. The van der Waals surface area contributed by atoms with E-state index >= 15 is 0 Å². The summed E-state index contributed by atoms with van der Waals surface area (Å²) in [6.07, 6.45) is 1.57. The van der Waals surface area contributed by atoms with E-state index < -0.39 is 5.97 Å². The second-order valence-corrected chi connectivity index (χ2v) is 2.18. The van der Waals surface area contributed by atoms with Gasteiger partial charge in [0, 0.05) is 12.3 Å². The number of hydrogen-bond donors (Lipinski definition) is 0. The zero-order valence-electron chi connectivity index (χ0n) is 7.32. The summed E-state index contributed by atoms with van der Waals surface area (Å²) in [6, 6.07) is 6.10. The van der Waals surface area contributed by atoms with Crippen molar-refractivity contribution in [2.75, 3.05) is 13.2 Å². The number of carbonyl (C=O) groups is 1. The summed E-state index contributed by atoms with van der Waals surface area (Å²) in [5.41, 5.74) is 0. The minimum absolute atomic E-state index is 0.124. The van der Waals surface area contributed by atoms with Gasteiger partial charge in [-0.2, -0.15) is 0 Å². The van der Waals surface area contributed by atoms with Crippen LogP contribution in [-0.4, -0.2) is 24.2 Å². The van der Waals surface area contributed by atoms with Gasteiger partial charge < -0.3 is 9.47 Å². The molecule has 1 aromatic heterocycles. The van der Waals surface area contributed by atoms with Crippen molar-refractivity contribution < 1.29 is 14.3 Å². The van der Waals surface area contributed by atoms with Gasteiger partial charge in [-0.1, -0.05) is 0 Å². The summed E-state index contributed by atoms with van der Waals surface area (Å²) in [5.74, 6) is -0.0999. The van der Waals surface area contributed by atoms with E-state index in [1.54, 1.807) is 25.3 Å². The first kappa shape index (κ1) is 9.51. The molecule has 1 radical (unpaired) electrons. The molecule has 0 spiro atoms. The summed E-state index contributed by atoms with van der Waals surface area (Å²) in [4.78, 5) is 14.7. The van der Waals surface area contributed by atoms with Crippen LogP contribution in [0.5, 0.6) is 5.88 Å². The fourth-order valence-electron chi connectivity index (χ4n) is 0.719. The van der Waals surface area contributed by atoms with Gasteiger partial charge in [0.25, 0.3) is 0 Å². The molecule has 4 heteroatoms. The van der Waals surface area contributed by atoms with Gasteiger partial charge in [-0.05, 0) is 19.1 Å². The number of esters is 1. The summed E-state index contributed by atoms with van der Waals surface area (Å²) in [7, 11) is 0. The molecule has 0 saturated carbocycles. The van der Waals surface area contributed by atoms with Crippen molar-refractivity contribution >= 4 is 5.97 Å². The van der Waals surface area contributed by atoms with Crippen molar-refractivity contribution in [2.24, 2.45) is 0 Å². The first-order valence-corrected chi connectivity index (χ1v) is 3.94. The Kier molecular flexibility index (Phi) is 3.75. The molecule has 1 aromatic rings. The zero-order valence-corrected chi connectivity index (χ0v) is 7.32. The monoisotopic (exact) mass is 180 g/mol. The molecule has 0 aliphatic carbocycles. The summed E-state index contributed by atoms with van der Waals surface area (Å²) >= 11 is 0. The Morgan fingerprint density at radius 1 is 1.69 bits per heavy atom. The molecule has 0 bridgehead atoms. The van der Waals surface area contributed by atoms with E-state index in [1.807, 2.05) is 0 Å². The molecule has 69 valence electrons. The normalized spacial score (nSPS) is 9.31. The van der Waals surface area contributed by atoms with E-state index in [0.29, 0.717) is 12.5 Å². The van der Waals surface area contributed by atoms with Crippen LogP contribution in [-0.2, 0) is 9.53 Å². The van der Waals surface area contributed by atoms with Crippen LogP contribution in [0.4, 0.5) is 0 Å². The molecule has 0 aromatic carbocycles. The van der Waals surface area contributed by atoms with Crippen LogP contribution < -0.4 is 4.74 Å². The SMILES string of the molecule is CCOC(=O)COc1[c]cccn1. The number of rotatable bonds is 4. The van der Waals surface area contributed by atoms with Gasteiger partial charge >= 0.3 is 5.97 Å². The fraction of sp³-hybridized carbons (Fsp3) is 0.333. The van der Waals surface area contributed by atoms with Gasteiger partial charge in [0.05, 0.1) is 6.61 Å². The van der Waals surface area contributed by atoms with Gasteiger partial charge in [0.15, 0.2) is 6.61 Å². The van der Waals surface area contributed by atoms with E-state index in [9.17, 15) is 4.79 Å². The molecule has 4 nitrogen and oxygen atoms in total. The third-order valence-electron chi connectivity index (χ3n) is 1.21. The molecule has 1 heterocycles. The van der Waals surface area contributed by atoms with Gasteiger partial charge in [-0.25, -0.2) is 9.78 Å². The predicted octanol–water partition coefficient (Wildman–Crippen LogP) is 0.824. The van der Waals surface area contributed by atoms with Crippen LogP contribution in [0.1, 0.15) is 6.92 Å². The van der Waals surface area contributed by atoms with Crippen LogP contribution in [0.15, 0.2) is 18.3 Å². The Labute approximate surface area is 76.5 Å². The van der Waals surface area contributed by atoms with Crippen molar-refractivity contribution in [3.05, 3.63) is 24.4 Å². The highest BCUT2D eigenvalue weighted by Gasteiger charge is 2.02. The third-order valence-corrected chi connectivity index (χ3v) is 1.21. The highest BCUT2D eigenvalue weighted by molar-refractivity contribution is 5.70. The van der Waals surface area contributed by atoms with Crippen LogP contribution in [0.25, 0.3) is 0 Å². The number of hydrogen-bond acceptors (Lipinski definition) is 4. The van der Waals surface area contributed by atoms with Gasteiger partial charge in [-0.15, -0.1) is 0 Å². The zero-order chi connectivity index (χ0) is 9.52. The Hall–Kier alpha value is -1.58. The number of pyridine rings is 1. The van der Waals surface area contributed by atoms with Crippen LogP contribution in [0.3, 0.4) is 0 Å². The maximum Gasteiger partial charge on any atom is 0.344 e. The van der Waals surface area contributed by atoms with Crippen molar-refractivity contribution in [2.45, 2.75) is 6.92 Å². The van der Waals surface area contributed by atoms with Crippen molar-refractivity contribution in [1.82, 2.24) is 4.98 Å². The number of ether oxygens (including phenoxy) is 2. The lowest BCUT2D eigenvalue weighted by molar-refractivity contribution is -0.145. The molecule has 0 aliphatic heterocycles. The second kappa shape index (κ2) is 5.13. The summed E-state index contributed by atoms with van der Waals surface area (Å²) < 4.78 is 9.64. The van der Waals surface area contributed by atoms with Crippen molar-refractivity contribution in [3.8, 4) is 5.88 Å². The molecule has 1 rings (SSSR count). The van der Waals surface area contributed by atoms with E-state index in [-0.39, 0.29) is 6.61 Å². The molecule has 0 fully saturated rings. The van der Waals surface area contributed by atoms with Crippen LogP contribution >= 0.6 is 0 Å². The average molecular weight is 180 g/mol. The Morgan fingerprint density at radius 3 is 3.15 bits per heavy atom. The molecule has 0 aliphatic rings. The predicted molar refractivity (Wildman–Crippen MR) is 45.2 cm³/mol. The fourth-order valence-corrected chi connectivity index (χ4v) is 0.719. The topological polar surface area (TPSA) is 48.4 Å². The Bertz CT molecular complexity index is 261. The maximum atomic E-state index is 10.8. The average Bonchev–Trinajstić information content (AvgIpc) is 2.17. The smallest absolute Gasteiger partial charge is 0.344 e. The van der Waals surface area contributed by atoms with Crippen molar-refractivity contribution in [3.63, 3.8) is 0 Å². The Morgan fingerprint density at radius 2 is 2.54 bits per heavy atom. The first-order valence-electron chi connectivity index (χ1n) is 3.94. The minimum atomic E-state index is -0.401. The van der Waals surface area contributed by atoms with Crippen LogP contribution in [0, 0.1) is 6.07 Å². The highest BCUT2D eigenvalue weighted by Crippen LogP contribution is 2.01. The molecule has 0 unspecified atom stereocenters. The molecule has 13 heavy (non-hydrogen) atoms. The van der Waals surface area contributed by atoms with E-state index in [0.717, 1.165) is 0 Å². The maximum absolute atomic E-state index is 10.8. The molecular weight excluding hydrogens is 170 g/mol. The second-order valence-electron chi connectivity index (χ2n) is 2.18. The number of nitrogens with zero attached hydrogens (tertiary/aromatic N) is 1. The minimum Gasteiger partial charge on any atom is -0.465 e. The molecule has 0 N–H and O–H groups in total. The van der Waals surface area contributed by atoms with E-state index in [2.05, 4.69) is 15.8 Å². The van der Waals surface area contributed by atoms with Gasteiger partial charge in [0.1, 0.15) is 0 Å². The largest absolute Gasteiger partial charge is 0.465 e. The Balaban J connectivity index is 2.31. The van der Waals surface area contributed by atoms with E-state index in [1.165, 1.54) is 0 Å². The number of carbonyl (C=O) groups excluding carboxylic acids is 1. The molecule has 0 amide bonds. The highest BCUT2D eigenvalue weighted by atomic mass is 16.6. The first-order chi connectivity index (χ1) is 6.33. The van der Waals surface area contributed by atoms with Gasteiger partial charge in [0.2, 0.25) is 5.88 Å².